The Morgan fingerprint density at radius 3 is 2.58 bits per heavy atom. The highest BCUT2D eigenvalue weighted by Gasteiger charge is 2.26. The van der Waals surface area contributed by atoms with Gasteiger partial charge in [0, 0.05) is 25.6 Å². The van der Waals surface area contributed by atoms with Crippen molar-refractivity contribution in [1.82, 2.24) is 10.2 Å². The molecule has 2 aliphatic rings. The molecule has 2 rings (SSSR count). The number of aliphatic carboxylic acids is 1. The maximum atomic E-state index is 12.1. The molecule has 1 unspecified atom stereocenters. The second-order valence-electron chi connectivity index (χ2n) is 5.82. The lowest BCUT2D eigenvalue weighted by Crippen LogP contribution is -2.48. The van der Waals surface area contributed by atoms with Crippen molar-refractivity contribution in [3.63, 3.8) is 0 Å². The number of rotatable bonds is 4. The van der Waals surface area contributed by atoms with Crippen molar-refractivity contribution in [2.24, 2.45) is 5.92 Å². The van der Waals surface area contributed by atoms with Crippen molar-refractivity contribution in [2.45, 2.75) is 57.4 Å². The van der Waals surface area contributed by atoms with E-state index in [1.165, 1.54) is 12.8 Å². The fourth-order valence-corrected chi connectivity index (χ4v) is 3.15. The molecular weight excluding hydrogens is 244 g/mol. The number of carboxylic acids is 1. The molecule has 0 spiro atoms. The fraction of sp³-hybridized carbons (Fsp3) is 0.857. The lowest BCUT2D eigenvalue weighted by Gasteiger charge is -2.33. The lowest BCUT2D eigenvalue weighted by atomic mass is 9.93. The van der Waals surface area contributed by atoms with Crippen LogP contribution < -0.4 is 5.32 Å². The molecule has 0 bridgehead atoms. The molecule has 0 aromatic carbocycles. The van der Waals surface area contributed by atoms with Crippen LogP contribution in [-0.2, 0) is 4.79 Å². The Kier molecular flexibility index (Phi) is 5.05. The van der Waals surface area contributed by atoms with Gasteiger partial charge in [-0.15, -0.1) is 0 Å². The number of likely N-dealkylation sites (tertiary alicyclic amines) is 1. The monoisotopic (exact) mass is 268 g/mol. The molecule has 0 radical (unpaired) electrons. The zero-order valence-electron chi connectivity index (χ0n) is 11.4. The molecular formula is C14H24N2O3. The summed E-state index contributed by atoms with van der Waals surface area (Å²) >= 11 is 0. The van der Waals surface area contributed by atoms with Gasteiger partial charge in [-0.2, -0.15) is 0 Å². The van der Waals surface area contributed by atoms with Gasteiger partial charge in [0.05, 0.1) is 0 Å². The minimum Gasteiger partial charge on any atom is -0.481 e. The summed E-state index contributed by atoms with van der Waals surface area (Å²) in [5.74, 6) is -0.397. The van der Waals surface area contributed by atoms with Crippen LogP contribution in [-0.4, -0.2) is 41.1 Å². The van der Waals surface area contributed by atoms with E-state index in [2.05, 4.69) is 5.32 Å². The molecule has 1 atom stereocenters. The van der Waals surface area contributed by atoms with E-state index in [1.807, 2.05) is 4.90 Å². The van der Waals surface area contributed by atoms with E-state index in [1.54, 1.807) is 0 Å². The molecule has 19 heavy (non-hydrogen) atoms. The lowest BCUT2D eigenvalue weighted by molar-refractivity contribution is -0.137. The van der Waals surface area contributed by atoms with Gasteiger partial charge in [0.2, 0.25) is 0 Å². The fourth-order valence-electron chi connectivity index (χ4n) is 3.15. The van der Waals surface area contributed by atoms with Crippen molar-refractivity contribution in [3.05, 3.63) is 0 Å². The first kappa shape index (κ1) is 14.2. The number of hydrogen-bond donors (Lipinski definition) is 2. The van der Waals surface area contributed by atoms with Crippen LogP contribution in [0.3, 0.4) is 0 Å². The van der Waals surface area contributed by atoms with Gasteiger partial charge in [-0.05, 0) is 38.0 Å². The molecule has 5 nitrogen and oxygen atoms in total. The van der Waals surface area contributed by atoms with E-state index in [0.29, 0.717) is 24.9 Å². The van der Waals surface area contributed by atoms with E-state index in [0.717, 1.165) is 32.2 Å². The van der Waals surface area contributed by atoms with Gasteiger partial charge in [0.25, 0.3) is 0 Å². The highest BCUT2D eigenvalue weighted by Crippen LogP contribution is 2.22. The number of piperidine rings is 1. The summed E-state index contributed by atoms with van der Waals surface area (Å²) in [7, 11) is 0. The van der Waals surface area contributed by atoms with Crippen LogP contribution in [0.1, 0.15) is 51.4 Å². The molecule has 5 heteroatoms. The summed E-state index contributed by atoms with van der Waals surface area (Å²) in [4.78, 5) is 24.6. The number of amides is 2. The van der Waals surface area contributed by atoms with E-state index < -0.39 is 5.97 Å². The number of hydrogen-bond acceptors (Lipinski definition) is 2. The first-order valence-corrected chi connectivity index (χ1v) is 7.42. The Balaban J connectivity index is 1.75. The second-order valence-corrected chi connectivity index (χ2v) is 5.82. The molecule has 1 heterocycles. The van der Waals surface area contributed by atoms with Crippen LogP contribution >= 0.6 is 0 Å². The molecule has 1 saturated heterocycles. The highest BCUT2D eigenvalue weighted by molar-refractivity contribution is 5.74. The summed E-state index contributed by atoms with van der Waals surface area (Å²) in [5.41, 5.74) is 0. The van der Waals surface area contributed by atoms with Crippen LogP contribution in [0.15, 0.2) is 0 Å². The van der Waals surface area contributed by atoms with Crippen molar-refractivity contribution >= 4 is 12.0 Å². The number of nitrogens with zero attached hydrogens (tertiary/aromatic N) is 1. The maximum Gasteiger partial charge on any atom is 0.317 e. The van der Waals surface area contributed by atoms with E-state index >= 15 is 0 Å². The van der Waals surface area contributed by atoms with Crippen molar-refractivity contribution in [3.8, 4) is 0 Å². The Morgan fingerprint density at radius 1 is 1.16 bits per heavy atom. The van der Waals surface area contributed by atoms with Crippen molar-refractivity contribution in [2.75, 3.05) is 13.1 Å². The molecule has 2 amide bonds. The standard InChI is InChI=1S/C14H24N2O3/c17-13(18)8-7-11-4-3-9-16(10-11)14(19)15-12-5-1-2-6-12/h11-12H,1-10H2,(H,15,19)(H,17,18). The third-order valence-electron chi connectivity index (χ3n) is 4.26. The number of nitrogens with one attached hydrogen (secondary N) is 1. The van der Waals surface area contributed by atoms with E-state index in [9.17, 15) is 9.59 Å². The minimum absolute atomic E-state index is 0.0481. The van der Waals surface area contributed by atoms with Crippen LogP contribution in [0.25, 0.3) is 0 Å². The molecule has 0 aromatic heterocycles. The topological polar surface area (TPSA) is 69.6 Å². The third-order valence-corrected chi connectivity index (χ3v) is 4.26. The van der Waals surface area contributed by atoms with Gasteiger partial charge < -0.3 is 15.3 Å². The molecule has 1 aliphatic carbocycles. The average molecular weight is 268 g/mol. The third kappa shape index (κ3) is 4.40. The zero-order chi connectivity index (χ0) is 13.7. The molecule has 1 aliphatic heterocycles. The van der Waals surface area contributed by atoms with E-state index in [4.69, 9.17) is 5.11 Å². The Bertz CT molecular complexity index is 327. The first-order valence-electron chi connectivity index (χ1n) is 7.42. The molecule has 2 N–H and O–H groups in total. The largest absolute Gasteiger partial charge is 0.481 e. The quantitative estimate of drug-likeness (QED) is 0.821. The Labute approximate surface area is 114 Å². The van der Waals surface area contributed by atoms with Crippen molar-refractivity contribution < 1.29 is 14.7 Å². The first-order chi connectivity index (χ1) is 9.15. The second kappa shape index (κ2) is 6.78. The van der Waals surface area contributed by atoms with Crippen LogP contribution in [0, 0.1) is 5.92 Å². The van der Waals surface area contributed by atoms with Gasteiger partial charge in [-0.25, -0.2) is 4.79 Å². The molecule has 2 fully saturated rings. The van der Waals surface area contributed by atoms with Crippen LogP contribution in [0.4, 0.5) is 4.79 Å². The Morgan fingerprint density at radius 2 is 1.89 bits per heavy atom. The highest BCUT2D eigenvalue weighted by atomic mass is 16.4. The van der Waals surface area contributed by atoms with Crippen LogP contribution in [0.2, 0.25) is 0 Å². The van der Waals surface area contributed by atoms with Crippen molar-refractivity contribution in [1.29, 1.82) is 0 Å². The predicted octanol–water partition coefficient (Wildman–Crippen LogP) is 2.22. The zero-order valence-corrected chi connectivity index (χ0v) is 11.4. The van der Waals surface area contributed by atoms with Gasteiger partial charge in [-0.3, -0.25) is 4.79 Å². The molecule has 0 aromatic rings. The number of carboxylic acid groups (broad SMARTS) is 1. The normalized spacial score (nSPS) is 24.4. The summed E-state index contributed by atoms with van der Waals surface area (Å²) in [6, 6.07) is 0.402. The molecule has 108 valence electrons. The van der Waals surface area contributed by atoms with Gasteiger partial charge in [0.15, 0.2) is 0 Å². The Hall–Kier alpha value is -1.26. The van der Waals surface area contributed by atoms with Gasteiger partial charge in [-0.1, -0.05) is 12.8 Å². The van der Waals surface area contributed by atoms with E-state index in [-0.39, 0.29) is 12.5 Å². The number of carbonyl (C=O) groups excluding carboxylic acids is 1. The van der Waals surface area contributed by atoms with Crippen LogP contribution in [0.5, 0.6) is 0 Å². The summed E-state index contributed by atoms with van der Waals surface area (Å²) < 4.78 is 0. The molecule has 1 saturated carbocycles. The number of urea groups is 1. The average Bonchev–Trinajstić information content (AvgIpc) is 2.89. The smallest absolute Gasteiger partial charge is 0.317 e. The predicted molar refractivity (Wildman–Crippen MR) is 72.0 cm³/mol. The van der Waals surface area contributed by atoms with Gasteiger partial charge >= 0.3 is 12.0 Å². The number of carbonyl (C=O) groups is 2. The SMILES string of the molecule is O=C(O)CCC1CCCN(C(=O)NC2CCCC2)C1. The summed E-state index contributed by atoms with van der Waals surface area (Å²) in [6.07, 6.45) is 7.55. The maximum absolute atomic E-state index is 12.1. The summed E-state index contributed by atoms with van der Waals surface area (Å²) in [6.45, 7) is 1.52. The minimum atomic E-state index is -0.743. The summed E-state index contributed by atoms with van der Waals surface area (Å²) in [5, 5.41) is 11.8. The van der Waals surface area contributed by atoms with Gasteiger partial charge in [0.1, 0.15) is 0 Å².